The van der Waals surface area contributed by atoms with Crippen molar-refractivity contribution in [2.45, 2.75) is 12.8 Å². The average Bonchev–Trinajstić information content (AvgIpc) is 2.74. The van der Waals surface area contributed by atoms with E-state index in [9.17, 15) is 9.59 Å². The zero-order valence-corrected chi connectivity index (χ0v) is 12.1. The van der Waals surface area contributed by atoms with E-state index in [2.05, 4.69) is 20.7 Å². The van der Waals surface area contributed by atoms with E-state index in [1.165, 1.54) is 18.4 Å². The van der Waals surface area contributed by atoms with Crippen molar-refractivity contribution in [1.29, 1.82) is 0 Å². The zero-order chi connectivity index (χ0) is 12.8. The molecule has 6 heteroatoms. The molecule has 1 aromatic heterocycles. The highest BCUT2D eigenvalue weighted by atomic mass is 79.9. The number of ether oxygens (including phenoxy) is 1. The minimum Gasteiger partial charge on any atom is -0.469 e. The molecule has 94 valence electrons. The van der Waals surface area contributed by atoms with Crippen molar-refractivity contribution in [3.05, 3.63) is 20.8 Å². The summed E-state index contributed by atoms with van der Waals surface area (Å²) < 4.78 is 5.47. The van der Waals surface area contributed by atoms with Crippen molar-refractivity contribution < 1.29 is 14.3 Å². The second-order valence-electron chi connectivity index (χ2n) is 3.51. The van der Waals surface area contributed by atoms with Gasteiger partial charge in [-0.3, -0.25) is 9.59 Å². The summed E-state index contributed by atoms with van der Waals surface area (Å²) in [6.45, 7) is 0.545. The van der Waals surface area contributed by atoms with Gasteiger partial charge in [0.25, 0.3) is 5.91 Å². The molecule has 1 amide bonds. The lowest BCUT2D eigenvalue weighted by Gasteiger charge is -2.15. The van der Waals surface area contributed by atoms with Crippen LogP contribution in [0.4, 0.5) is 0 Å². The van der Waals surface area contributed by atoms with Gasteiger partial charge in [0, 0.05) is 20.0 Å². The Hall–Kier alpha value is -0.880. The molecule has 0 aliphatic carbocycles. The van der Waals surface area contributed by atoms with E-state index in [0.717, 1.165) is 3.79 Å². The van der Waals surface area contributed by atoms with E-state index < -0.39 is 0 Å². The van der Waals surface area contributed by atoms with Gasteiger partial charge in [0.15, 0.2) is 0 Å². The van der Waals surface area contributed by atoms with Crippen LogP contribution in [0.1, 0.15) is 22.5 Å². The number of hydrogen-bond donors (Lipinski definition) is 0. The first kappa shape index (κ1) is 14.2. The lowest BCUT2D eigenvalue weighted by atomic mass is 10.3. The third kappa shape index (κ3) is 4.47. The Bertz CT molecular complexity index is 405. The van der Waals surface area contributed by atoms with Crippen LogP contribution in [0.2, 0.25) is 0 Å². The Kier molecular flexibility index (Phi) is 5.64. The fourth-order valence-electron chi connectivity index (χ4n) is 1.28. The molecule has 1 heterocycles. The van der Waals surface area contributed by atoms with Crippen LogP contribution < -0.4 is 0 Å². The number of thiophene rings is 1. The average molecular weight is 320 g/mol. The van der Waals surface area contributed by atoms with Crippen molar-refractivity contribution in [3.63, 3.8) is 0 Å². The van der Waals surface area contributed by atoms with Crippen LogP contribution in [0.25, 0.3) is 0 Å². The number of hydrogen-bond acceptors (Lipinski definition) is 4. The zero-order valence-electron chi connectivity index (χ0n) is 9.73. The maximum Gasteiger partial charge on any atom is 0.305 e. The van der Waals surface area contributed by atoms with E-state index in [0.29, 0.717) is 24.3 Å². The van der Waals surface area contributed by atoms with E-state index in [-0.39, 0.29) is 11.9 Å². The third-order valence-electron chi connectivity index (χ3n) is 2.23. The predicted molar refractivity (Wildman–Crippen MR) is 70.2 cm³/mol. The molecule has 0 fully saturated rings. The highest BCUT2D eigenvalue weighted by molar-refractivity contribution is 9.11. The Balaban J connectivity index is 2.40. The number of rotatable bonds is 5. The SMILES string of the molecule is COC(=O)CCCN(C)C(=O)c1ccc(Br)s1. The molecule has 4 nitrogen and oxygen atoms in total. The molecule has 1 rings (SSSR count). The highest BCUT2D eigenvalue weighted by Gasteiger charge is 2.13. The molecule has 0 aromatic carbocycles. The summed E-state index contributed by atoms with van der Waals surface area (Å²) in [5.41, 5.74) is 0. The molecule has 0 bridgehead atoms. The molecule has 0 saturated heterocycles. The molecule has 1 aromatic rings. The summed E-state index contributed by atoms with van der Waals surface area (Å²) in [5, 5.41) is 0. The first-order valence-corrected chi connectivity index (χ1v) is 6.73. The summed E-state index contributed by atoms with van der Waals surface area (Å²) in [4.78, 5) is 25.1. The molecule has 0 spiro atoms. The number of carbonyl (C=O) groups is 2. The second kappa shape index (κ2) is 6.76. The van der Waals surface area contributed by atoms with Crippen LogP contribution in [0, 0.1) is 0 Å². The van der Waals surface area contributed by atoms with E-state index >= 15 is 0 Å². The maximum absolute atomic E-state index is 11.9. The van der Waals surface area contributed by atoms with E-state index in [1.807, 2.05) is 6.07 Å². The summed E-state index contributed by atoms with van der Waals surface area (Å²) >= 11 is 4.72. The summed E-state index contributed by atoms with van der Waals surface area (Å²) in [7, 11) is 3.09. The molecule has 0 aliphatic heterocycles. The quantitative estimate of drug-likeness (QED) is 0.783. The highest BCUT2D eigenvalue weighted by Crippen LogP contribution is 2.23. The van der Waals surface area contributed by atoms with Crippen LogP contribution >= 0.6 is 27.3 Å². The Morgan fingerprint density at radius 1 is 1.47 bits per heavy atom. The Morgan fingerprint density at radius 3 is 2.71 bits per heavy atom. The van der Waals surface area contributed by atoms with Crippen molar-refractivity contribution in [3.8, 4) is 0 Å². The fraction of sp³-hybridized carbons (Fsp3) is 0.455. The van der Waals surface area contributed by atoms with Gasteiger partial charge in [-0.15, -0.1) is 11.3 Å². The molecule has 17 heavy (non-hydrogen) atoms. The Morgan fingerprint density at radius 2 is 2.18 bits per heavy atom. The van der Waals surface area contributed by atoms with Crippen molar-refractivity contribution >= 4 is 39.1 Å². The summed E-state index contributed by atoms with van der Waals surface area (Å²) in [6, 6.07) is 3.63. The molecule has 0 atom stereocenters. The van der Waals surface area contributed by atoms with Gasteiger partial charge in [0.05, 0.1) is 15.8 Å². The molecule has 0 aliphatic rings. The fourth-order valence-corrected chi connectivity index (χ4v) is 2.66. The second-order valence-corrected chi connectivity index (χ2v) is 5.97. The van der Waals surface area contributed by atoms with Gasteiger partial charge in [-0.05, 0) is 34.5 Å². The number of esters is 1. The van der Waals surface area contributed by atoms with Crippen molar-refractivity contribution in [2.24, 2.45) is 0 Å². The van der Waals surface area contributed by atoms with Gasteiger partial charge < -0.3 is 9.64 Å². The maximum atomic E-state index is 11.9. The predicted octanol–water partition coefficient (Wildman–Crippen LogP) is 2.54. The normalized spacial score (nSPS) is 10.1. The molecular formula is C11H14BrNO3S. The number of methoxy groups -OCH3 is 1. The summed E-state index contributed by atoms with van der Waals surface area (Å²) in [5.74, 6) is -0.268. The molecule has 0 saturated carbocycles. The van der Waals surface area contributed by atoms with E-state index in [1.54, 1.807) is 18.0 Å². The van der Waals surface area contributed by atoms with Crippen molar-refractivity contribution in [1.82, 2.24) is 4.90 Å². The van der Waals surface area contributed by atoms with Gasteiger partial charge in [0.1, 0.15) is 0 Å². The van der Waals surface area contributed by atoms with Crippen LogP contribution in [-0.2, 0) is 9.53 Å². The number of nitrogens with zero attached hydrogens (tertiary/aromatic N) is 1. The topological polar surface area (TPSA) is 46.6 Å². The minimum absolute atomic E-state index is 0.0226. The smallest absolute Gasteiger partial charge is 0.305 e. The van der Waals surface area contributed by atoms with Gasteiger partial charge in [-0.2, -0.15) is 0 Å². The first-order chi connectivity index (χ1) is 8.04. The molecule has 0 N–H and O–H groups in total. The lowest BCUT2D eigenvalue weighted by Crippen LogP contribution is -2.27. The van der Waals surface area contributed by atoms with Crippen LogP contribution in [0.15, 0.2) is 15.9 Å². The van der Waals surface area contributed by atoms with Crippen LogP contribution in [-0.4, -0.2) is 37.5 Å². The number of halogens is 1. The number of carbonyl (C=O) groups excluding carboxylic acids is 2. The van der Waals surface area contributed by atoms with Gasteiger partial charge >= 0.3 is 5.97 Å². The lowest BCUT2D eigenvalue weighted by molar-refractivity contribution is -0.140. The third-order valence-corrected chi connectivity index (χ3v) is 3.84. The molecule has 0 unspecified atom stereocenters. The van der Waals surface area contributed by atoms with Gasteiger partial charge in [-0.25, -0.2) is 0 Å². The standard InChI is InChI=1S/C11H14BrNO3S/c1-13(7-3-4-10(14)16-2)11(15)8-5-6-9(12)17-8/h5-6H,3-4,7H2,1-2H3. The van der Waals surface area contributed by atoms with Crippen LogP contribution in [0.5, 0.6) is 0 Å². The molecule has 0 radical (unpaired) electrons. The van der Waals surface area contributed by atoms with Crippen LogP contribution in [0.3, 0.4) is 0 Å². The van der Waals surface area contributed by atoms with Gasteiger partial charge in [-0.1, -0.05) is 0 Å². The molecular weight excluding hydrogens is 306 g/mol. The first-order valence-electron chi connectivity index (χ1n) is 5.12. The van der Waals surface area contributed by atoms with E-state index in [4.69, 9.17) is 0 Å². The Labute approximate surface area is 113 Å². The monoisotopic (exact) mass is 319 g/mol. The van der Waals surface area contributed by atoms with Crippen molar-refractivity contribution in [2.75, 3.05) is 20.7 Å². The largest absolute Gasteiger partial charge is 0.469 e. The summed E-state index contributed by atoms with van der Waals surface area (Å²) in [6.07, 6.45) is 0.948. The van der Waals surface area contributed by atoms with Gasteiger partial charge in [0.2, 0.25) is 0 Å². The number of amides is 1. The minimum atomic E-state index is -0.246.